The van der Waals surface area contributed by atoms with E-state index in [-0.39, 0.29) is 0 Å². The lowest BCUT2D eigenvalue weighted by Gasteiger charge is -2.16. The van der Waals surface area contributed by atoms with E-state index < -0.39 is 0 Å². The van der Waals surface area contributed by atoms with Crippen LogP contribution in [0.2, 0.25) is 0 Å². The van der Waals surface area contributed by atoms with Crippen LogP contribution >= 0.6 is 0 Å². The van der Waals surface area contributed by atoms with E-state index in [0.29, 0.717) is 17.5 Å². The summed E-state index contributed by atoms with van der Waals surface area (Å²) in [6.45, 7) is 0. The van der Waals surface area contributed by atoms with Crippen molar-refractivity contribution in [3.63, 3.8) is 0 Å². The van der Waals surface area contributed by atoms with E-state index >= 15 is 0 Å². The van der Waals surface area contributed by atoms with Crippen LogP contribution in [0.1, 0.15) is 0 Å². The van der Waals surface area contributed by atoms with Crippen LogP contribution in [0.15, 0.2) is 182 Å². The van der Waals surface area contributed by atoms with E-state index in [1.165, 1.54) is 21.9 Å². The van der Waals surface area contributed by atoms with E-state index in [1.807, 2.05) is 60.7 Å². The second kappa shape index (κ2) is 12.2. The molecule has 4 heteroatoms. The van der Waals surface area contributed by atoms with Gasteiger partial charge >= 0.3 is 0 Å². The van der Waals surface area contributed by atoms with Gasteiger partial charge in [0.05, 0.1) is 16.7 Å². The molecule has 0 N–H and O–H groups in total. The standard InChI is InChI=1S/C45H30N4/c1-5-15-31(16-6-1)35-26-28-41-39(29-35)38-23-13-14-24-40(38)49(41)42-30-36(25-27-37(42)32-17-7-2-8-18-32)45-47-43(33-19-9-3-10-20-33)46-44(48-45)34-21-11-4-12-22-34/h1-30H. The molecule has 0 saturated carbocycles. The van der Waals surface area contributed by atoms with Crippen LogP contribution in [0.5, 0.6) is 0 Å². The second-order valence-electron chi connectivity index (χ2n) is 12.1. The van der Waals surface area contributed by atoms with Crippen molar-refractivity contribution < 1.29 is 0 Å². The number of benzene rings is 7. The molecule has 0 amide bonds. The molecule has 9 aromatic rings. The minimum absolute atomic E-state index is 0.626. The SMILES string of the molecule is c1ccc(-c2ccc3c(c2)c2ccccc2n3-c2cc(-c3nc(-c4ccccc4)nc(-c4ccccc4)n3)ccc2-c2ccccc2)cc1. The van der Waals surface area contributed by atoms with Crippen molar-refractivity contribution in [1.29, 1.82) is 0 Å². The van der Waals surface area contributed by atoms with Crippen molar-refractivity contribution in [2.75, 3.05) is 0 Å². The average Bonchev–Trinajstić information content (AvgIpc) is 3.52. The lowest BCUT2D eigenvalue weighted by Crippen LogP contribution is -2.02. The molecule has 0 aliphatic carbocycles. The Morgan fingerprint density at radius 3 is 1.39 bits per heavy atom. The molecule has 0 atom stereocenters. The van der Waals surface area contributed by atoms with Crippen LogP contribution in [0.25, 0.3) is 83.9 Å². The average molecular weight is 627 g/mol. The Morgan fingerprint density at radius 2 is 0.776 bits per heavy atom. The van der Waals surface area contributed by atoms with E-state index in [4.69, 9.17) is 15.0 Å². The van der Waals surface area contributed by atoms with Crippen molar-refractivity contribution in [2.45, 2.75) is 0 Å². The van der Waals surface area contributed by atoms with E-state index in [1.54, 1.807) is 0 Å². The molecule has 4 nitrogen and oxygen atoms in total. The van der Waals surface area contributed by atoms with Crippen molar-refractivity contribution in [1.82, 2.24) is 19.5 Å². The zero-order chi connectivity index (χ0) is 32.6. The number of para-hydroxylation sites is 1. The summed E-state index contributed by atoms with van der Waals surface area (Å²) in [5, 5.41) is 2.41. The largest absolute Gasteiger partial charge is 0.309 e. The highest BCUT2D eigenvalue weighted by Crippen LogP contribution is 2.39. The predicted molar refractivity (Wildman–Crippen MR) is 201 cm³/mol. The molecule has 0 radical (unpaired) electrons. The summed E-state index contributed by atoms with van der Waals surface area (Å²) < 4.78 is 2.39. The third kappa shape index (κ3) is 5.26. The molecular weight excluding hydrogens is 597 g/mol. The summed E-state index contributed by atoms with van der Waals surface area (Å²) >= 11 is 0. The number of nitrogens with zero attached hydrogens (tertiary/aromatic N) is 4. The van der Waals surface area contributed by atoms with Gasteiger partial charge < -0.3 is 4.57 Å². The van der Waals surface area contributed by atoms with Crippen LogP contribution in [0.3, 0.4) is 0 Å². The molecule has 230 valence electrons. The quantitative estimate of drug-likeness (QED) is 0.184. The van der Waals surface area contributed by atoms with E-state index in [0.717, 1.165) is 44.5 Å². The van der Waals surface area contributed by atoms with E-state index in [9.17, 15) is 0 Å². The fourth-order valence-electron chi connectivity index (χ4n) is 6.70. The van der Waals surface area contributed by atoms with Crippen LogP contribution in [-0.2, 0) is 0 Å². The fraction of sp³-hybridized carbons (Fsp3) is 0. The van der Waals surface area contributed by atoms with Gasteiger partial charge in [0, 0.05) is 33.0 Å². The molecule has 9 rings (SSSR count). The first-order chi connectivity index (χ1) is 24.3. The van der Waals surface area contributed by atoms with Gasteiger partial charge in [-0.25, -0.2) is 15.0 Å². The Kier molecular flexibility index (Phi) is 7.10. The van der Waals surface area contributed by atoms with Crippen LogP contribution in [-0.4, -0.2) is 19.5 Å². The molecule has 2 aromatic heterocycles. The zero-order valence-electron chi connectivity index (χ0n) is 26.6. The maximum absolute atomic E-state index is 5.06. The molecule has 0 aliphatic rings. The van der Waals surface area contributed by atoms with Gasteiger partial charge in [0.15, 0.2) is 17.5 Å². The van der Waals surface area contributed by atoms with Crippen LogP contribution in [0.4, 0.5) is 0 Å². The topological polar surface area (TPSA) is 43.6 Å². The van der Waals surface area contributed by atoms with Gasteiger partial charge in [-0.2, -0.15) is 0 Å². The van der Waals surface area contributed by atoms with Gasteiger partial charge in [0.25, 0.3) is 0 Å². The fourth-order valence-corrected chi connectivity index (χ4v) is 6.70. The van der Waals surface area contributed by atoms with Gasteiger partial charge in [-0.15, -0.1) is 0 Å². The van der Waals surface area contributed by atoms with Gasteiger partial charge in [-0.3, -0.25) is 0 Å². The Bertz CT molecular complexity index is 2520. The first-order valence-electron chi connectivity index (χ1n) is 16.5. The van der Waals surface area contributed by atoms with Crippen LogP contribution in [0, 0.1) is 0 Å². The van der Waals surface area contributed by atoms with Gasteiger partial charge in [-0.1, -0.05) is 158 Å². The highest BCUT2D eigenvalue weighted by Gasteiger charge is 2.19. The van der Waals surface area contributed by atoms with Crippen molar-refractivity contribution in [3.8, 4) is 62.1 Å². The maximum Gasteiger partial charge on any atom is 0.164 e. The Morgan fingerprint density at radius 1 is 0.306 bits per heavy atom. The lowest BCUT2D eigenvalue weighted by atomic mass is 10.0. The third-order valence-electron chi connectivity index (χ3n) is 9.06. The summed E-state index contributed by atoms with van der Waals surface area (Å²) in [5.74, 6) is 1.91. The zero-order valence-corrected chi connectivity index (χ0v) is 26.6. The molecule has 0 unspecified atom stereocenters. The smallest absolute Gasteiger partial charge is 0.164 e. The molecule has 0 saturated heterocycles. The van der Waals surface area contributed by atoms with Crippen LogP contribution < -0.4 is 0 Å². The molecule has 0 aliphatic heterocycles. The highest BCUT2D eigenvalue weighted by molar-refractivity contribution is 6.11. The summed E-state index contributed by atoms with van der Waals surface area (Å²) in [4.78, 5) is 15.0. The van der Waals surface area contributed by atoms with Gasteiger partial charge in [0.1, 0.15) is 0 Å². The van der Waals surface area contributed by atoms with Gasteiger partial charge in [0.2, 0.25) is 0 Å². The summed E-state index contributed by atoms with van der Waals surface area (Å²) in [6, 6.07) is 63.4. The Labute approximate surface area is 284 Å². The van der Waals surface area contributed by atoms with Crippen molar-refractivity contribution >= 4 is 21.8 Å². The van der Waals surface area contributed by atoms with Gasteiger partial charge in [-0.05, 0) is 41.0 Å². The highest BCUT2D eigenvalue weighted by atomic mass is 15.0. The molecule has 49 heavy (non-hydrogen) atoms. The second-order valence-corrected chi connectivity index (χ2v) is 12.1. The third-order valence-corrected chi connectivity index (χ3v) is 9.06. The first-order valence-corrected chi connectivity index (χ1v) is 16.5. The van der Waals surface area contributed by atoms with Crippen molar-refractivity contribution in [3.05, 3.63) is 182 Å². The van der Waals surface area contributed by atoms with Crippen molar-refractivity contribution in [2.24, 2.45) is 0 Å². The molecule has 7 aromatic carbocycles. The molecule has 2 heterocycles. The number of rotatable bonds is 6. The minimum Gasteiger partial charge on any atom is -0.309 e. The number of hydrogen-bond donors (Lipinski definition) is 0. The first kappa shape index (κ1) is 28.6. The number of fused-ring (bicyclic) bond motifs is 3. The molecular formula is C45H30N4. The maximum atomic E-state index is 5.06. The predicted octanol–water partition coefficient (Wildman–Crippen LogP) is 11.3. The normalized spacial score (nSPS) is 11.3. The monoisotopic (exact) mass is 626 g/mol. The summed E-state index contributed by atoms with van der Waals surface area (Å²) in [5.41, 5.74) is 10.8. The Hall–Kier alpha value is -6.65. The lowest BCUT2D eigenvalue weighted by molar-refractivity contribution is 1.07. The minimum atomic E-state index is 0.626. The molecule has 0 spiro atoms. The van der Waals surface area contributed by atoms with E-state index in [2.05, 4.69) is 126 Å². The summed E-state index contributed by atoms with van der Waals surface area (Å²) in [7, 11) is 0. The molecule has 0 fully saturated rings. The summed E-state index contributed by atoms with van der Waals surface area (Å²) in [6.07, 6.45) is 0. The number of hydrogen-bond acceptors (Lipinski definition) is 3. The Balaban J connectivity index is 1.31. The number of aromatic nitrogens is 4. The molecule has 0 bridgehead atoms.